The summed E-state index contributed by atoms with van der Waals surface area (Å²) in [5.41, 5.74) is 0. The van der Waals surface area contributed by atoms with E-state index < -0.39 is 12.1 Å². The maximum atomic E-state index is 12.6. The van der Waals surface area contributed by atoms with Gasteiger partial charge in [0.15, 0.2) is 0 Å². The second kappa shape index (κ2) is 85.0. The van der Waals surface area contributed by atoms with E-state index in [1.54, 1.807) is 0 Å². The molecule has 0 spiro atoms. The number of carbonyl (C=O) groups excluding carboxylic acids is 2. The van der Waals surface area contributed by atoms with E-state index in [4.69, 9.17) is 4.74 Å². The van der Waals surface area contributed by atoms with Crippen molar-refractivity contribution in [1.82, 2.24) is 5.32 Å². The van der Waals surface area contributed by atoms with E-state index in [1.165, 1.54) is 443 Å². The van der Waals surface area contributed by atoms with Gasteiger partial charge in [0.05, 0.1) is 25.4 Å². The molecule has 3 N–H and O–H groups in total. The number of allylic oxidation sites excluding steroid dienone is 2. The van der Waals surface area contributed by atoms with Gasteiger partial charge in [-0.15, -0.1) is 0 Å². The smallest absolute Gasteiger partial charge is 0.305 e. The number of aliphatic hydroxyl groups is 2. The van der Waals surface area contributed by atoms with Gasteiger partial charge < -0.3 is 20.3 Å². The van der Waals surface area contributed by atoms with Crippen LogP contribution in [0.3, 0.4) is 0 Å². The first kappa shape index (κ1) is 93.6. The van der Waals surface area contributed by atoms with E-state index in [-0.39, 0.29) is 18.5 Å². The van der Waals surface area contributed by atoms with Gasteiger partial charge >= 0.3 is 5.97 Å². The van der Waals surface area contributed by atoms with Crippen molar-refractivity contribution in [3.8, 4) is 0 Å². The Morgan fingerprint density at radius 2 is 0.495 bits per heavy atom. The number of amides is 1. The van der Waals surface area contributed by atoms with Crippen LogP contribution < -0.4 is 5.32 Å². The molecule has 0 aromatic rings. The highest BCUT2D eigenvalue weighted by molar-refractivity contribution is 5.76. The fourth-order valence-electron chi connectivity index (χ4n) is 14.6. The Morgan fingerprint density at radius 1 is 0.284 bits per heavy atom. The largest absolute Gasteiger partial charge is 0.466 e. The Morgan fingerprint density at radius 3 is 0.747 bits per heavy atom. The molecule has 566 valence electrons. The highest BCUT2D eigenvalue weighted by atomic mass is 16.5. The van der Waals surface area contributed by atoms with Gasteiger partial charge in [-0.05, 0) is 51.4 Å². The first-order valence-corrected chi connectivity index (χ1v) is 44.4. The summed E-state index contributed by atoms with van der Waals surface area (Å²) < 4.78 is 5.50. The Bertz CT molecular complexity index is 1450. The van der Waals surface area contributed by atoms with Crippen LogP contribution in [-0.2, 0) is 14.3 Å². The molecular formula is C89H175NO5. The Hall–Kier alpha value is -1.40. The summed E-state index contributed by atoms with van der Waals surface area (Å²) in [6.45, 7) is 5.01. The number of nitrogens with one attached hydrogen (secondary N) is 1. The van der Waals surface area contributed by atoms with Crippen molar-refractivity contribution in [3.63, 3.8) is 0 Å². The van der Waals surface area contributed by atoms with Gasteiger partial charge in [-0.2, -0.15) is 0 Å². The minimum Gasteiger partial charge on any atom is -0.466 e. The first-order chi connectivity index (χ1) is 47.0. The monoisotopic (exact) mass is 1340 g/mol. The average Bonchev–Trinajstić information content (AvgIpc) is 3.11. The topological polar surface area (TPSA) is 95.9 Å². The molecule has 2 atom stereocenters. The van der Waals surface area contributed by atoms with Crippen molar-refractivity contribution in [2.45, 2.75) is 533 Å². The van der Waals surface area contributed by atoms with E-state index >= 15 is 0 Å². The molecular weight excluding hydrogens is 1160 g/mol. The second-order valence-electron chi connectivity index (χ2n) is 30.9. The standard InChI is InChI=1S/C89H175NO5/c1-3-5-7-9-11-13-15-17-19-20-21-22-23-39-42-45-48-51-54-57-61-65-69-73-77-81-87(92)86(85-91)90-88(93)82-78-74-70-66-62-58-55-52-49-46-43-40-37-35-33-31-29-27-25-24-26-28-30-32-34-36-38-41-44-47-50-53-56-60-64-68-72-76-80-84-95-89(94)83-79-75-71-67-63-59-18-16-14-12-10-8-6-4-2/h16,18,86-87,91-92H,3-15,17,19-85H2,1-2H3,(H,90,93)/b18-16-. The minimum atomic E-state index is -0.661. The fraction of sp³-hybridized carbons (Fsp3) is 0.955. The van der Waals surface area contributed by atoms with Gasteiger partial charge in [-0.1, -0.05) is 469 Å². The van der Waals surface area contributed by atoms with Crippen LogP contribution >= 0.6 is 0 Å². The minimum absolute atomic E-state index is 0.0168. The zero-order chi connectivity index (χ0) is 68.4. The Kier molecular flexibility index (Phi) is 83.8. The highest BCUT2D eigenvalue weighted by Crippen LogP contribution is 2.22. The maximum Gasteiger partial charge on any atom is 0.305 e. The molecule has 0 aliphatic rings. The predicted octanol–water partition coefficient (Wildman–Crippen LogP) is 29.8. The van der Waals surface area contributed by atoms with Crippen molar-refractivity contribution in [2.75, 3.05) is 13.2 Å². The summed E-state index contributed by atoms with van der Waals surface area (Å²) in [4.78, 5) is 24.7. The molecule has 0 aliphatic heterocycles. The molecule has 0 radical (unpaired) electrons. The molecule has 0 aliphatic carbocycles. The number of carbonyl (C=O) groups is 2. The Balaban J connectivity index is 3.30. The molecule has 95 heavy (non-hydrogen) atoms. The number of unbranched alkanes of at least 4 members (excludes halogenated alkanes) is 72. The SMILES string of the molecule is CCCCCCC/C=C\CCCCCCCC(=O)OCCCCCCCCCCCCCCCCCCCCCCCCCCCCCCCCCCCCCCCCCC(=O)NC(CO)C(O)CCCCCCCCCCCCCCCCCCCCCCCCCCC. The summed E-state index contributed by atoms with van der Waals surface area (Å²) in [5, 5.41) is 23.5. The number of rotatable bonds is 85. The molecule has 1 amide bonds. The van der Waals surface area contributed by atoms with Crippen molar-refractivity contribution >= 4 is 11.9 Å². The molecule has 6 nitrogen and oxygen atoms in total. The normalized spacial score (nSPS) is 12.4. The Labute approximate surface area is 597 Å². The van der Waals surface area contributed by atoms with E-state index in [2.05, 4.69) is 31.3 Å². The van der Waals surface area contributed by atoms with Crippen LogP contribution in [0.1, 0.15) is 521 Å². The van der Waals surface area contributed by atoms with Crippen LogP contribution in [0.4, 0.5) is 0 Å². The lowest BCUT2D eigenvalue weighted by Gasteiger charge is -2.22. The first-order valence-electron chi connectivity index (χ1n) is 44.4. The maximum absolute atomic E-state index is 12.6. The molecule has 2 unspecified atom stereocenters. The van der Waals surface area contributed by atoms with E-state index in [9.17, 15) is 19.8 Å². The lowest BCUT2D eigenvalue weighted by atomic mass is 10.0. The van der Waals surface area contributed by atoms with Crippen molar-refractivity contribution in [2.24, 2.45) is 0 Å². The molecule has 0 saturated heterocycles. The molecule has 0 fully saturated rings. The third-order valence-electron chi connectivity index (χ3n) is 21.3. The summed E-state index contributed by atoms with van der Waals surface area (Å²) in [7, 11) is 0. The highest BCUT2D eigenvalue weighted by Gasteiger charge is 2.20. The van der Waals surface area contributed by atoms with E-state index in [0.717, 1.165) is 44.9 Å². The molecule has 0 heterocycles. The van der Waals surface area contributed by atoms with Crippen LogP contribution in [0.25, 0.3) is 0 Å². The van der Waals surface area contributed by atoms with Gasteiger partial charge in [0, 0.05) is 12.8 Å². The lowest BCUT2D eigenvalue weighted by Crippen LogP contribution is -2.45. The van der Waals surface area contributed by atoms with Crippen molar-refractivity contribution < 1.29 is 24.5 Å². The van der Waals surface area contributed by atoms with Gasteiger partial charge in [0.2, 0.25) is 5.91 Å². The quantitative estimate of drug-likeness (QED) is 0.0320. The van der Waals surface area contributed by atoms with Crippen molar-refractivity contribution in [3.05, 3.63) is 12.2 Å². The molecule has 0 aromatic heterocycles. The third kappa shape index (κ3) is 81.5. The predicted molar refractivity (Wildman–Crippen MR) is 421 cm³/mol. The fourth-order valence-corrected chi connectivity index (χ4v) is 14.6. The summed E-state index contributed by atoms with van der Waals surface area (Å²) in [6, 6.07) is -0.538. The molecule has 0 aromatic carbocycles. The number of esters is 1. The van der Waals surface area contributed by atoms with Crippen molar-refractivity contribution in [1.29, 1.82) is 0 Å². The van der Waals surface area contributed by atoms with E-state index in [1.807, 2.05) is 0 Å². The van der Waals surface area contributed by atoms with Gasteiger partial charge in [0.1, 0.15) is 0 Å². The number of ether oxygens (including phenoxy) is 1. The number of hydrogen-bond acceptors (Lipinski definition) is 5. The van der Waals surface area contributed by atoms with Gasteiger partial charge in [0.25, 0.3) is 0 Å². The van der Waals surface area contributed by atoms with Gasteiger partial charge in [-0.3, -0.25) is 9.59 Å². The zero-order valence-corrected chi connectivity index (χ0v) is 65.2. The van der Waals surface area contributed by atoms with Crippen LogP contribution in [0.2, 0.25) is 0 Å². The number of hydrogen-bond donors (Lipinski definition) is 3. The molecule has 6 heteroatoms. The summed E-state index contributed by atoms with van der Waals surface area (Å²) >= 11 is 0. The molecule has 0 bridgehead atoms. The number of aliphatic hydroxyl groups excluding tert-OH is 2. The summed E-state index contributed by atoms with van der Waals surface area (Å²) in [6.07, 6.45) is 109. The van der Waals surface area contributed by atoms with Crippen LogP contribution in [0, 0.1) is 0 Å². The van der Waals surface area contributed by atoms with Gasteiger partial charge in [-0.25, -0.2) is 0 Å². The molecule has 0 saturated carbocycles. The summed E-state index contributed by atoms with van der Waals surface area (Å²) in [5.74, 6) is -0.00506. The van der Waals surface area contributed by atoms with E-state index in [0.29, 0.717) is 25.9 Å². The third-order valence-corrected chi connectivity index (χ3v) is 21.3. The lowest BCUT2D eigenvalue weighted by molar-refractivity contribution is -0.143. The second-order valence-corrected chi connectivity index (χ2v) is 30.9. The van der Waals surface area contributed by atoms with Crippen LogP contribution in [-0.4, -0.2) is 47.4 Å². The van der Waals surface area contributed by atoms with Crippen LogP contribution in [0.15, 0.2) is 12.2 Å². The van der Waals surface area contributed by atoms with Crippen LogP contribution in [0.5, 0.6) is 0 Å². The molecule has 0 rings (SSSR count). The average molecular weight is 1340 g/mol. The zero-order valence-electron chi connectivity index (χ0n) is 65.2.